The molecule has 0 heterocycles. The zero-order chi connectivity index (χ0) is 21.6. The molecule has 29 heavy (non-hydrogen) atoms. The molecule has 0 spiro atoms. The number of benzene rings is 2. The van der Waals surface area contributed by atoms with Crippen LogP contribution in [0.4, 0.5) is 17.6 Å². The van der Waals surface area contributed by atoms with Gasteiger partial charge in [0.25, 0.3) is 12.9 Å². The average Bonchev–Trinajstić information content (AvgIpc) is 2.70. The number of carbonyl (C=O) groups is 1. The molecular weight excluding hydrogens is 410 g/mol. The normalized spacial score (nSPS) is 11.9. The van der Waals surface area contributed by atoms with Crippen LogP contribution < -0.4 is 0 Å². The van der Waals surface area contributed by atoms with Gasteiger partial charge in [-0.05, 0) is 30.2 Å². The van der Waals surface area contributed by atoms with Crippen LogP contribution in [0.3, 0.4) is 0 Å². The molecule has 0 N–H and O–H groups in total. The Balaban J connectivity index is 2.55. The zero-order valence-corrected chi connectivity index (χ0v) is 16.7. The Morgan fingerprint density at radius 1 is 0.966 bits per heavy atom. The summed E-state index contributed by atoms with van der Waals surface area (Å²) in [5.41, 5.74) is -0.782. The van der Waals surface area contributed by atoms with E-state index in [1.807, 2.05) is 13.8 Å². The lowest BCUT2D eigenvalue weighted by Crippen LogP contribution is -2.14. The van der Waals surface area contributed by atoms with Crippen LogP contribution in [0.15, 0.2) is 62.7 Å². The van der Waals surface area contributed by atoms with Crippen LogP contribution in [0.25, 0.3) is 0 Å². The predicted octanol–water partition coefficient (Wildman–Crippen LogP) is 5.65. The quantitative estimate of drug-likeness (QED) is 0.401. The second-order valence-electron chi connectivity index (χ2n) is 6.64. The minimum absolute atomic E-state index is 0.0775. The summed E-state index contributed by atoms with van der Waals surface area (Å²) in [5.74, 6) is -0.671. The molecule has 0 bridgehead atoms. The molecule has 0 fully saturated rings. The minimum atomic E-state index is -3.63. The molecule has 0 radical (unpaired) electrons. The first-order valence-corrected chi connectivity index (χ1v) is 10.3. The molecule has 0 atom stereocenters. The molecule has 0 aliphatic carbocycles. The van der Waals surface area contributed by atoms with Gasteiger partial charge in [-0.15, -0.1) is 0 Å². The standard InChI is InChI=1S/C20H21F4NO3S/c1-13(2)12-28-18(26)11-25-29(27,16-7-3-5-14(9-16)19(21)22)17-8-4-6-15(10-17)20(23)24/h3-10,13,19-20H,11-12H2,1-2H3. The molecule has 2 aromatic carbocycles. The highest BCUT2D eigenvalue weighted by molar-refractivity contribution is 7.93. The first kappa shape index (κ1) is 22.9. The lowest BCUT2D eigenvalue weighted by atomic mass is 10.2. The fourth-order valence-electron chi connectivity index (χ4n) is 2.38. The van der Waals surface area contributed by atoms with Gasteiger partial charge in [-0.1, -0.05) is 38.1 Å². The second-order valence-corrected chi connectivity index (χ2v) is 8.89. The van der Waals surface area contributed by atoms with Crippen molar-refractivity contribution < 1.29 is 31.3 Å². The number of hydrogen-bond acceptors (Lipinski definition) is 4. The Bertz CT molecular complexity index is 912. The van der Waals surface area contributed by atoms with Gasteiger partial charge in [-0.3, -0.25) is 4.79 Å². The molecule has 0 aliphatic rings. The third-order valence-electron chi connectivity index (χ3n) is 3.81. The maximum Gasteiger partial charge on any atom is 0.328 e. The first-order chi connectivity index (χ1) is 13.6. The summed E-state index contributed by atoms with van der Waals surface area (Å²) in [4.78, 5) is 11.7. The summed E-state index contributed by atoms with van der Waals surface area (Å²) < 4.78 is 75.1. The van der Waals surface area contributed by atoms with Crippen molar-refractivity contribution in [2.24, 2.45) is 10.3 Å². The summed E-state index contributed by atoms with van der Waals surface area (Å²) in [7, 11) is -3.63. The fraction of sp³-hybridized carbons (Fsp3) is 0.350. The van der Waals surface area contributed by atoms with Crippen molar-refractivity contribution in [2.45, 2.75) is 36.5 Å². The molecule has 2 aromatic rings. The van der Waals surface area contributed by atoms with Crippen LogP contribution in [-0.2, 0) is 19.3 Å². The largest absolute Gasteiger partial charge is 0.464 e. The number of ether oxygens (including phenoxy) is 1. The van der Waals surface area contributed by atoms with Gasteiger partial charge in [0.15, 0.2) is 0 Å². The van der Waals surface area contributed by atoms with Crippen molar-refractivity contribution in [3.63, 3.8) is 0 Å². The fourth-order valence-corrected chi connectivity index (χ4v) is 4.35. The molecule has 9 heteroatoms. The van der Waals surface area contributed by atoms with Gasteiger partial charge in [0.05, 0.1) is 16.4 Å². The maximum absolute atomic E-state index is 13.7. The van der Waals surface area contributed by atoms with E-state index in [4.69, 9.17) is 4.74 Å². The minimum Gasteiger partial charge on any atom is -0.464 e. The van der Waals surface area contributed by atoms with Crippen molar-refractivity contribution in [3.8, 4) is 0 Å². The van der Waals surface area contributed by atoms with Gasteiger partial charge >= 0.3 is 5.97 Å². The van der Waals surface area contributed by atoms with E-state index >= 15 is 0 Å². The lowest BCUT2D eigenvalue weighted by Gasteiger charge is -2.14. The Morgan fingerprint density at radius 2 is 1.45 bits per heavy atom. The number of hydrogen-bond donors (Lipinski definition) is 0. The van der Waals surface area contributed by atoms with Crippen LogP contribution in [0.5, 0.6) is 0 Å². The Kier molecular flexibility index (Phi) is 7.78. The molecule has 0 amide bonds. The maximum atomic E-state index is 13.7. The predicted molar refractivity (Wildman–Crippen MR) is 101 cm³/mol. The van der Waals surface area contributed by atoms with E-state index in [2.05, 4.69) is 4.36 Å². The molecule has 0 aromatic heterocycles. The van der Waals surface area contributed by atoms with Crippen LogP contribution in [0.2, 0.25) is 0 Å². The smallest absolute Gasteiger partial charge is 0.328 e. The topological polar surface area (TPSA) is 55.7 Å². The van der Waals surface area contributed by atoms with Gasteiger partial charge < -0.3 is 4.74 Å². The molecule has 0 saturated carbocycles. The van der Waals surface area contributed by atoms with Gasteiger partial charge in [-0.2, -0.15) is 0 Å². The van der Waals surface area contributed by atoms with Crippen LogP contribution in [0.1, 0.15) is 37.8 Å². The van der Waals surface area contributed by atoms with Gasteiger partial charge in [-0.25, -0.2) is 26.1 Å². The summed E-state index contributed by atoms with van der Waals surface area (Å²) in [5, 5.41) is 0. The Morgan fingerprint density at radius 3 is 1.86 bits per heavy atom. The summed E-state index contributed by atoms with van der Waals surface area (Å²) >= 11 is 0. The van der Waals surface area contributed by atoms with E-state index < -0.39 is 46.2 Å². The SMILES string of the molecule is CC(C)COC(=O)CN=S(=O)(c1cccc(C(F)F)c1)c1cccc(C(F)F)c1. The van der Waals surface area contributed by atoms with E-state index in [0.717, 1.165) is 24.3 Å². The number of alkyl halides is 4. The molecule has 4 nitrogen and oxygen atoms in total. The molecule has 0 aliphatic heterocycles. The van der Waals surface area contributed by atoms with Crippen LogP contribution in [-0.4, -0.2) is 23.3 Å². The number of nitrogens with zero attached hydrogens (tertiary/aromatic N) is 1. The third kappa shape index (κ3) is 6.03. The lowest BCUT2D eigenvalue weighted by molar-refractivity contribution is -0.142. The second kappa shape index (κ2) is 9.87. The highest BCUT2D eigenvalue weighted by Gasteiger charge is 2.21. The van der Waals surface area contributed by atoms with E-state index in [9.17, 15) is 26.6 Å². The van der Waals surface area contributed by atoms with E-state index in [0.29, 0.717) is 0 Å². The van der Waals surface area contributed by atoms with Crippen LogP contribution in [0, 0.1) is 5.92 Å². The number of carbonyl (C=O) groups excluding carboxylic acids is 1. The van der Waals surface area contributed by atoms with Gasteiger partial charge in [0, 0.05) is 11.1 Å². The van der Waals surface area contributed by atoms with Gasteiger partial charge in [0.2, 0.25) is 0 Å². The van der Waals surface area contributed by atoms with Crippen molar-refractivity contribution in [1.29, 1.82) is 0 Å². The Hall–Kier alpha value is -2.42. The molecule has 0 saturated heterocycles. The third-order valence-corrected chi connectivity index (χ3v) is 6.09. The summed E-state index contributed by atoms with van der Waals surface area (Å²) in [6, 6.07) is 9.50. The van der Waals surface area contributed by atoms with Crippen molar-refractivity contribution >= 4 is 15.7 Å². The highest BCUT2D eigenvalue weighted by Crippen LogP contribution is 2.30. The Labute approximate surface area is 167 Å². The van der Waals surface area contributed by atoms with Gasteiger partial charge in [0.1, 0.15) is 16.3 Å². The number of halogens is 4. The van der Waals surface area contributed by atoms with Crippen LogP contribution >= 0.6 is 0 Å². The molecule has 158 valence electrons. The highest BCUT2D eigenvalue weighted by atomic mass is 32.2. The van der Waals surface area contributed by atoms with Crippen molar-refractivity contribution in [2.75, 3.05) is 13.2 Å². The monoisotopic (exact) mass is 431 g/mol. The van der Waals surface area contributed by atoms with E-state index in [-0.39, 0.29) is 22.3 Å². The van der Waals surface area contributed by atoms with E-state index in [1.54, 1.807) is 0 Å². The average molecular weight is 431 g/mol. The molecule has 2 rings (SSSR count). The van der Waals surface area contributed by atoms with Crippen molar-refractivity contribution in [3.05, 3.63) is 59.7 Å². The molecule has 0 unspecified atom stereocenters. The number of esters is 1. The van der Waals surface area contributed by atoms with Crippen molar-refractivity contribution in [1.82, 2.24) is 0 Å². The zero-order valence-electron chi connectivity index (χ0n) is 15.9. The summed E-state index contributed by atoms with van der Waals surface area (Å²) in [6.45, 7) is 3.19. The van der Waals surface area contributed by atoms with E-state index in [1.165, 1.54) is 24.3 Å². The summed E-state index contributed by atoms with van der Waals surface area (Å²) in [6.07, 6.45) is -5.64. The number of rotatable bonds is 8. The first-order valence-electron chi connectivity index (χ1n) is 8.78. The molecular formula is C20H21F4NO3S.